The monoisotopic (exact) mass is 801 g/mol. The van der Waals surface area contributed by atoms with Crippen molar-refractivity contribution in [3.05, 3.63) is 24.5 Å². The van der Waals surface area contributed by atoms with Crippen LogP contribution in [0.4, 0.5) is 0 Å². The van der Waals surface area contributed by atoms with E-state index in [1.807, 2.05) is 27.2 Å². The van der Waals surface area contributed by atoms with Crippen LogP contribution in [0, 0.1) is 0 Å². The number of allylic oxidation sites excluding steroid dienone is 3. The third-order valence-corrected chi connectivity index (χ3v) is 11.1. The first-order valence-corrected chi connectivity index (χ1v) is 24.6. The molecule has 0 spiro atoms. The van der Waals surface area contributed by atoms with Crippen molar-refractivity contribution in [3.63, 3.8) is 0 Å². The van der Waals surface area contributed by atoms with Crippen LogP contribution in [0.15, 0.2) is 24.5 Å². The first kappa shape index (κ1) is 53.8. The van der Waals surface area contributed by atoms with Crippen LogP contribution < -0.4 is 0 Å². The van der Waals surface area contributed by atoms with Gasteiger partial charge in [0.05, 0.1) is 34.0 Å². The van der Waals surface area contributed by atoms with Crippen molar-refractivity contribution in [1.82, 2.24) is 0 Å². The fourth-order valence-corrected chi connectivity index (χ4v) is 7.18. The molecule has 0 heterocycles. The van der Waals surface area contributed by atoms with Gasteiger partial charge in [-0.2, -0.15) is 0 Å². The first-order valence-electron chi connectivity index (χ1n) is 23.1. The molecule has 55 heavy (non-hydrogen) atoms. The van der Waals surface area contributed by atoms with Crippen LogP contribution in [0.25, 0.3) is 0 Å². The number of carbonyl (C=O) groups is 1. The summed E-state index contributed by atoms with van der Waals surface area (Å²) < 4.78 is 34.8. The largest absolute Gasteiger partial charge is 0.498 e. The number of quaternary nitrogens is 1. The molecule has 0 aliphatic carbocycles. The van der Waals surface area contributed by atoms with E-state index in [1.54, 1.807) is 6.26 Å². The van der Waals surface area contributed by atoms with E-state index in [-0.39, 0.29) is 25.8 Å². The van der Waals surface area contributed by atoms with Crippen LogP contribution in [0.3, 0.4) is 0 Å². The SMILES string of the molecule is CCCC/C=C/CCCCCCCCCCCC(=O)O[C@H](CO/C=C/CCCCCCCCCCCCCCCCCC)COP(=O)(O)OCC[N+](C)(C)C. The van der Waals surface area contributed by atoms with Crippen LogP contribution in [0.2, 0.25) is 0 Å². The molecule has 0 fully saturated rings. The molecule has 0 amide bonds. The first-order chi connectivity index (χ1) is 26.6. The van der Waals surface area contributed by atoms with Gasteiger partial charge in [0.25, 0.3) is 0 Å². The van der Waals surface area contributed by atoms with Gasteiger partial charge >= 0.3 is 13.8 Å². The van der Waals surface area contributed by atoms with Gasteiger partial charge in [0.1, 0.15) is 19.8 Å². The third kappa shape index (κ3) is 43.8. The number of rotatable bonds is 43. The van der Waals surface area contributed by atoms with E-state index in [1.165, 1.54) is 161 Å². The number of phosphoric acid groups is 1. The van der Waals surface area contributed by atoms with E-state index in [4.69, 9.17) is 18.5 Å². The van der Waals surface area contributed by atoms with Gasteiger partial charge in [0.2, 0.25) is 0 Å². The summed E-state index contributed by atoms with van der Waals surface area (Å²) in [6.45, 7) is 4.93. The zero-order chi connectivity index (χ0) is 40.6. The molecule has 0 saturated heterocycles. The van der Waals surface area contributed by atoms with Crippen LogP contribution in [0.1, 0.15) is 213 Å². The number of likely N-dealkylation sites (N-methyl/N-ethyl adjacent to an activating group) is 1. The number of phosphoric ester groups is 1. The maximum absolute atomic E-state index is 12.7. The molecule has 326 valence electrons. The van der Waals surface area contributed by atoms with Crippen LogP contribution >= 0.6 is 7.82 Å². The Morgan fingerprint density at radius 2 is 0.982 bits per heavy atom. The normalized spacial score (nSPS) is 13.9. The Bertz CT molecular complexity index is 936. The molecule has 1 N–H and O–H groups in total. The molecular formula is C46H91NO7P+. The molecule has 0 radical (unpaired) electrons. The lowest BCUT2D eigenvalue weighted by atomic mass is 10.0. The summed E-state index contributed by atoms with van der Waals surface area (Å²) in [7, 11) is 1.64. The average Bonchev–Trinajstić information content (AvgIpc) is 3.13. The predicted molar refractivity (Wildman–Crippen MR) is 233 cm³/mol. The zero-order valence-corrected chi connectivity index (χ0v) is 37.8. The fraction of sp³-hybridized carbons (Fsp3) is 0.891. The molecule has 8 nitrogen and oxygen atoms in total. The van der Waals surface area contributed by atoms with Crippen LogP contribution in [-0.4, -0.2) is 69.0 Å². The number of nitrogens with zero attached hydrogens (tertiary/aromatic N) is 1. The van der Waals surface area contributed by atoms with Gasteiger partial charge in [-0.1, -0.05) is 180 Å². The summed E-state index contributed by atoms with van der Waals surface area (Å²) in [6.07, 6.45) is 45.9. The van der Waals surface area contributed by atoms with Crippen molar-refractivity contribution in [2.45, 2.75) is 219 Å². The Morgan fingerprint density at radius 1 is 0.564 bits per heavy atom. The number of unbranched alkanes of at least 4 members (excludes halogenated alkanes) is 27. The highest BCUT2D eigenvalue weighted by molar-refractivity contribution is 7.47. The maximum atomic E-state index is 12.7. The quantitative estimate of drug-likeness (QED) is 0.0164. The summed E-state index contributed by atoms with van der Waals surface area (Å²) in [5.74, 6) is -0.336. The Kier molecular flexibility index (Phi) is 38.8. The van der Waals surface area contributed by atoms with Crippen molar-refractivity contribution >= 4 is 13.8 Å². The maximum Gasteiger partial charge on any atom is 0.472 e. The van der Waals surface area contributed by atoms with Crippen molar-refractivity contribution in [2.75, 3.05) is 47.5 Å². The minimum atomic E-state index is -4.29. The number of hydrogen-bond donors (Lipinski definition) is 1. The van der Waals surface area contributed by atoms with Gasteiger partial charge in [0, 0.05) is 6.42 Å². The lowest BCUT2D eigenvalue weighted by Gasteiger charge is -2.24. The Hall–Kier alpha value is -1.18. The minimum Gasteiger partial charge on any atom is -0.498 e. The molecule has 1 unspecified atom stereocenters. The van der Waals surface area contributed by atoms with E-state index in [9.17, 15) is 14.3 Å². The molecule has 0 aromatic carbocycles. The Balaban J connectivity index is 4.23. The van der Waals surface area contributed by atoms with E-state index in [0.717, 1.165) is 32.1 Å². The third-order valence-electron chi connectivity index (χ3n) is 10.1. The lowest BCUT2D eigenvalue weighted by molar-refractivity contribution is -0.870. The van der Waals surface area contributed by atoms with E-state index in [2.05, 4.69) is 26.0 Å². The minimum absolute atomic E-state index is 0.0508. The molecule has 0 saturated carbocycles. The highest BCUT2D eigenvalue weighted by Gasteiger charge is 2.26. The summed E-state index contributed by atoms with van der Waals surface area (Å²) in [5.41, 5.74) is 0. The highest BCUT2D eigenvalue weighted by Crippen LogP contribution is 2.43. The van der Waals surface area contributed by atoms with Crippen molar-refractivity contribution in [3.8, 4) is 0 Å². The number of carbonyl (C=O) groups excluding carboxylic acids is 1. The lowest BCUT2D eigenvalue weighted by Crippen LogP contribution is -2.37. The second kappa shape index (κ2) is 39.6. The fourth-order valence-electron chi connectivity index (χ4n) is 6.44. The van der Waals surface area contributed by atoms with E-state index in [0.29, 0.717) is 17.4 Å². The van der Waals surface area contributed by atoms with Gasteiger partial charge in [-0.25, -0.2) is 4.57 Å². The zero-order valence-electron chi connectivity index (χ0n) is 36.9. The van der Waals surface area contributed by atoms with Gasteiger partial charge in [-0.3, -0.25) is 13.8 Å². The number of ether oxygens (including phenoxy) is 2. The van der Waals surface area contributed by atoms with Gasteiger partial charge < -0.3 is 18.9 Å². The summed E-state index contributed by atoms with van der Waals surface area (Å²) in [5, 5.41) is 0. The Morgan fingerprint density at radius 3 is 1.45 bits per heavy atom. The average molecular weight is 801 g/mol. The van der Waals surface area contributed by atoms with Gasteiger partial charge in [-0.05, 0) is 44.6 Å². The topological polar surface area (TPSA) is 91.3 Å². The molecule has 0 rings (SSSR count). The van der Waals surface area contributed by atoms with Crippen LogP contribution in [0.5, 0.6) is 0 Å². The summed E-state index contributed by atoms with van der Waals surface area (Å²) in [4.78, 5) is 22.9. The molecule has 0 aromatic heterocycles. The number of esters is 1. The van der Waals surface area contributed by atoms with Crippen molar-refractivity contribution in [2.24, 2.45) is 0 Å². The van der Waals surface area contributed by atoms with E-state index < -0.39 is 13.9 Å². The standard InChI is InChI=1S/C46H90NO7P/c1-6-8-10-12-14-16-18-20-22-23-24-26-28-30-32-34-36-38-41-51-43-45(44-53-55(49,50)52-42-40-47(3,4)5)54-46(48)39-37-35-33-31-29-27-25-21-19-17-15-13-11-9-7-2/h13,15,38,41,45H,6-12,14,16-37,39-40,42-44H2,1-5H3/p+1/b15-13+,41-38+/t45-/m1/s1. The van der Waals surface area contributed by atoms with E-state index >= 15 is 0 Å². The summed E-state index contributed by atoms with van der Waals surface area (Å²) in [6, 6.07) is 0. The van der Waals surface area contributed by atoms with Crippen LogP contribution in [-0.2, 0) is 27.9 Å². The molecular weight excluding hydrogens is 709 g/mol. The smallest absolute Gasteiger partial charge is 0.472 e. The molecule has 0 aliphatic rings. The number of hydrogen-bond acceptors (Lipinski definition) is 6. The van der Waals surface area contributed by atoms with Crippen molar-refractivity contribution < 1.29 is 37.3 Å². The summed E-state index contributed by atoms with van der Waals surface area (Å²) >= 11 is 0. The second-order valence-corrected chi connectivity index (χ2v) is 18.3. The van der Waals surface area contributed by atoms with Gasteiger partial charge in [0.15, 0.2) is 6.10 Å². The second-order valence-electron chi connectivity index (χ2n) is 16.9. The van der Waals surface area contributed by atoms with Crippen molar-refractivity contribution in [1.29, 1.82) is 0 Å². The predicted octanol–water partition coefficient (Wildman–Crippen LogP) is 14.0. The Labute approximate surface area is 341 Å². The molecule has 9 heteroatoms. The van der Waals surface area contributed by atoms with Gasteiger partial charge in [-0.15, -0.1) is 0 Å². The molecule has 2 atom stereocenters. The molecule has 0 aliphatic heterocycles. The highest BCUT2D eigenvalue weighted by atomic mass is 31.2. The molecule has 0 bridgehead atoms. The molecule has 0 aromatic rings.